The third kappa shape index (κ3) is 12.7. The molecule has 0 fully saturated rings. The summed E-state index contributed by atoms with van der Waals surface area (Å²) in [5.74, 6) is -6.55. The molecular weight excluding hydrogens is 464 g/mol. The second-order valence-corrected chi connectivity index (χ2v) is 8.33. The largest absolute Gasteiger partial charge is 0.481 e. The van der Waals surface area contributed by atoms with Gasteiger partial charge < -0.3 is 43.4 Å². The van der Waals surface area contributed by atoms with Gasteiger partial charge in [-0.25, -0.2) is 4.79 Å². The number of primary amides is 1. The fourth-order valence-electron chi connectivity index (χ4n) is 3.07. The van der Waals surface area contributed by atoms with E-state index in [1.165, 1.54) is 0 Å². The highest BCUT2D eigenvalue weighted by atomic mass is 16.4. The third-order valence-corrected chi connectivity index (χ3v) is 5.40. The van der Waals surface area contributed by atoms with Gasteiger partial charge in [-0.3, -0.25) is 24.0 Å². The molecule has 0 aromatic rings. The zero-order chi connectivity index (χ0) is 27.1. The second kappa shape index (κ2) is 16.4. The van der Waals surface area contributed by atoms with Crippen molar-refractivity contribution in [2.45, 2.75) is 83.0 Å². The zero-order valence-electron chi connectivity index (χ0n) is 20.1. The Morgan fingerprint density at radius 1 is 0.857 bits per heavy atom. The molecule has 0 aliphatic rings. The molecule has 0 spiro atoms. The number of carbonyl (C=O) groups is 6. The summed E-state index contributed by atoms with van der Waals surface area (Å²) in [7, 11) is 0. The first-order valence-corrected chi connectivity index (χ1v) is 11.4. The smallest absolute Gasteiger partial charge is 0.326 e. The molecule has 0 saturated carbocycles. The molecule has 14 nitrogen and oxygen atoms in total. The topological polar surface area (TPSA) is 257 Å². The predicted molar refractivity (Wildman–Crippen MR) is 124 cm³/mol. The monoisotopic (exact) mass is 502 g/mol. The van der Waals surface area contributed by atoms with Crippen LogP contribution in [0.15, 0.2) is 0 Å². The first kappa shape index (κ1) is 31.7. The van der Waals surface area contributed by atoms with Gasteiger partial charge in [0, 0.05) is 6.42 Å². The van der Waals surface area contributed by atoms with E-state index < -0.39 is 78.5 Å². The first-order chi connectivity index (χ1) is 16.3. The number of hydrogen-bond donors (Lipinski definition) is 8. The lowest BCUT2D eigenvalue weighted by molar-refractivity contribution is -0.144. The number of nitrogens with two attached hydrogens (primary N) is 3. The van der Waals surface area contributed by atoms with E-state index in [0.717, 1.165) is 0 Å². The van der Waals surface area contributed by atoms with E-state index in [9.17, 15) is 33.9 Å². The van der Waals surface area contributed by atoms with Crippen molar-refractivity contribution in [1.29, 1.82) is 0 Å². The van der Waals surface area contributed by atoms with E-state index in [2.05, 4.69) is 16.0 Å². The second-order valence-electron chi connectivity index (χ2n) is 8.33. The van der Waals surface area contributed by atoms with E-state index in [1.807, 2.05) is 0 Å². The quantitative estimate of drug-likeness (QED) is 0.0935. The Kier molecular flexibility index (Phi) is 14.9. The van der Waals surface area contributed by atoms with E-state index >= 15 is 0 Å². The number of carbonyl (C=O) groups excluding carboxylic acids is 4. The van der Waals surface area contributed by atoms with Crippen LogP contribution in [-0.4, -0.2) is 76.5 Å². The van der Waals surface area contributed by atoms with E-state index in [-0.39, 0.29) is 12.8 Å². The summed E-state index contributed by atoms with van der Waals surface area (Å²) in [4.78, 5) is 72.0. The summed E-state index contributed by atoms with van der Waals surface area (Å²) >= 11 is 0. The molecule has 0 aliphatic heterocycles. The van der Waals surface area contributed by atoms with E-state index in [0.29, 0.717) is 25.8 Å². The number of nitrogens with one attached hydrogen (secondary N) is 3. The Labute approximate surface area is 203 Å². The number of hydrogen-bond acceptors (Lipinski definition) is 8. The van der Waals surface area contributed by atoms with Crippen LogP contribution in [0, 0.1) is 5.92 Å². The van der Waals surface area contributed by atoms with Crippen LogP contribution in [0.2, 0.25) is 0 Å². The van der Waals surface area contributed by atoms with Crippen LogP contribution in [0.25, 0.3) is 0 Å². The predicted octanol–water partition coefficient (Wildman–Crippen LogP) is -2.23. The third-order valence-electron chi connectivity index (χ3n) is 5.40. The van der Waals surface area contributed by atoms with Crippen LogP contribution in [0.3, 0.4) is 0 Å². The molecule has 0 radical (unpaired) electrons. The number of carboxylic acids is 2. The highest BCUT2D eigenvalue weighted by Gasteiger charge is 2.32. The fraction of sp³-hybridized carbons (Fsp3) is 0.714. The summed E-state index contributed by atoms with van der Waals surface area (Å²) in [6.45, 7) is 3.75. The SMILES string of the molecule is CCC(C)C(NC(=O)C(CC(N)=O)NC(=O)C(CCC(=O)O)NC(=O)C(N)CCCCN)C(=O)O. The summed E-state index contributed by atoms with van der Waals surface area (Å²) in [5.41, 5.74) is 16.4. The molecule has 5 atom stereocenters. The molecule has 0 heterocycles. The number of unbranched alkanes of at least 4 members (excludes halogenated alkanes) is 1. The maximum atomic E-state index is 12.9. The van der Waals surface area contributed by atoms with Crippen molar-refractivity contribution in [2.75, 3.05) is 6.54 Å². The van der Waals surface area contributed by atoms with Crippen molar-refractivity contribution < 1.29 is 39.0 Å². The minimum atomic E-state index is -1.55. The van der Waals surface area contributed by atoms with Crippen LogP contribution in [0.5, 0.6) is 0 Å². The average Bonchev–Trinajstić information content (AvgIpc) is 2.78. The molecule has 0 bridgehead atoms. The summed E-state index contributed by atoms with van der Waals surface area (Å²) in [5, 5.41) is 25.3. The van der Waals surface area contributed by atoms with Crippen molar-refractivity contribution in [2.24, 2.45) is 23.1 Å². The molecule has 200 valence electrons. The lowest BCUT2D eigenvalue weighted by atomic mass is 9.98. The Balaban J connectivity index is 5.56. The summed E-state index contributed by atoms with van der Waals surface area (Å²) in [6, 6.07) is -5.19. The number of carboxylic acid groups (broad SMARTS) is 2. The molecule has 11 N–H and O–H groups in total. The van der Waals surface area contributed by atoms with Crippen molar-refractivity contribution in [3.8, 4) is 0 Å². The highest BCUT2D eigenvalue weighted by Crippen LogP contribution is 2.09. The lowest BCUT2D eigenvalue weighted by Gasteiger charge is -2.26. The first-order valence-electron chi connectivity index (χ1n) is 11.4. The molecule has 4 amide bonds. The molecule has 0 aliphatic carbocycles. The highest BCUT2D eigenvalue weighted by molar-refractivity contribution is 5.96. The molecule has 0 rings (SSSR count). The van der Waals surface area contributed by atoms with Gasteiger partial charge in [0.15, 0.2) is 0 Å². The van der Waals surface area contributed by atoms with Gasteiger partial charge in [-0.05, 0) is 31.7 Å². The van der Waals surface area contributed by atoms with Crippen LogP contribution >= 0.6 is 0 Å². The van der Waals surface area contributed by atoms with Crippen LogP contribution in [0.1, 0.15) is 58.8 Å². The number of aliphatic carboxylic acids is 2. The van der Waals surface area contributed by atoms with Gasteiger partial charge in [0.05, 0.1) is 12.5 Å². The Morgan fingerprint density at radius 3 is 1.91 bits per heavy atom. The van der Waals surface area contributed by atoms with Crippen LogP contribution < -0.4 is 33.2 Å². The average molecular weight is 503 g/mol. The van der Waals surface area contributed by atoms with Gasteiger partial charge in [0.25, 0.3) is 0 Å². The maximum Gasteiger partial charge on any atom is 0.326 e. The summed E-state index contributed by atoms with van der Waals surface area (Å²) < 4.78 is 0. The molecule has 0 saturated heterocycles. The molecule has 14 heteroatoms. The van der Waals surface area contributed by atoms with Gasteiger partial charge in [0.2, 0.25) is 23.6 Å². The van der Waals surface area contributed by atoms with Crippen LogP contribution in [0.4, 0.5) is 0 Å². The van der Waals surface area contributed by atoms with E-state index in [4.69, 9.17) is 22.3 Å². The van der Waals surface area contributed by atoms with Crippen molar-refractivity contribution in [3.05, 3.63) is 0 Å². The van der Waals surface area contributed by atoms with Crippen LogP contribution in [-0.2, 0) is 28.8 Å². The fourth-order valence-corrected chi connectivity index (χ4v) is 3.07. The van der Waals surface area contributed by atoms with Gasteiger partial charge in [-0.1, -0.05) is 26.7 Å². The van der Waals surface area contributed by atoms with Gasteiger partial charge in [-0.2, -0.15) is 0 Å². The van der Waals surface area contributed by atoms with Gasteiger partial charge >= 0.3 is 11.9 Å². The normalized spacial score (nSPS) is 15.1. The maximum absolute atomic E-state index is 12.9. The van der Waals surface area contributed by atoms with Crippen molar-refractivity contribution in [3.63, 3.8) is 0 Å². The van der Waals surface area contributed by atoms with E-state index in [1.54, 1.807) is 13.8 Å². The zero-order valence-corrected chi connectivity index (χ0v) is 20.1. The van der Waals surface area contributed by atoms with Gasteiger partial charge in [-0.15, -0.1) is 0 Å². The summed E-state index contributed by atoms with van der Waals surface area (Å²) in [6.07, 6.45) is 0.470. The minimum Gasteiger partial charge on any atom is -0.481 e. The molecule has 0 aromatic carbocycles. The Morgan fingerprint density at radius 2 is 1.43 bits per heavy atom. The van der Waals surface area contributed by atoms with Crippen molar-refractivity contribution in [1.82, 2.24) is 16.0 Å². The van der Waals surface area contributed by atoms with Crippen molar-refractivity contribution >= 4 is 35.6 Å². The number of rotatable bonds is 18. The molecule has 0 aromatic heterocycles. The Hall–Kier alpha value is -3.26. The molecule has 5 unspecified atom stereocenters. The number of amides is 4. The lowest BCUT2D eigenvalue weighted by Crippen LogP contribution is -2.58. The standard InChI is InChI=1S/C21H38N6O8/c1-3-11(2)17(21(34)35)27-20(33)14(10-15(24)28)26-19(32)13(7-8-16(29)30)25-18(31)12(23)6-4-5-9-22/h11-14,17H,3-10,22-23H2,1-2H3,(H2,24,28)(H,25,31)(H,26,32)(H,27,33)(H,29,30)(H,34,35). The molecular formula is C21H38N6O8. The minimum absolute atomic E-state index is 0.287. The van der Waals surface area contributed by atoms with Gasteiger partial charge in [0.1, 0.15) is 18.1 Å². The molecule has 35 heavy (non-hydrogen) atoms. The Bertz CT molecular complexity index is 762.